The van der Waals surface area contributed by atoms with Gasteiger partial charge in [-0.1, -0.05) is 11.6 Å². The topological polar surface area (TPSA) is 43.8 Å². The quantitative estimate of drug-likeness (QED) is 0.562. The van der Waals surface area contributed by atoms with Gasteiger partial charge in [-0.2, -0.15) is 0 Å². The van der Waals surface area contributed by atoms with E-state index < -0.39 is 0 Å². The van der Waals surface area contributed by atoms with Crippen LogP contribution in [-0.2, 0) is 7.05 Å². The van der Waals surface area contributed by atoms with Crippen LogP contribution in [0, 0.1) is 0 Å². The molecule has 0 aromatic carbocycles. The molecule has 0 saturated carbocycles. The summed E-state index contributed by atoms with van der Waals surface area (Å²) in [7, 11) is 1.79. The fourth-order valence-corrected chi connectivity index (χ4v) is 0.588. The van der Waals surface area contributed by atoms with Crippen LogP contribution in [0.25, 0.3) is 0 Å². The van der Waals surface area contributed by atoms with Gasteiger partial charge >= 0.3 is 0 Å². The molecule has 1 aromatic rings. The first-order valence-electron chi connectivity index (χ1n) is 2.14. The Morgan fingerprint density at radius 2 is 2.50 bits per heavy atom. The molecule has 0 radical (unpaired) electrons. The summed E-state index contributed by atoms with van der Waals surface area (Å²) >= 11 is 5.47. The zero-order valence-corrected chi connectivity index (χ0v) is 5.18. The SMILES string of the molecule is Cn1cnc(Cl)c1N. The summed E-state index contributed by atoms with van der Waals surface area (Å²) < 4.78 is 1.66. The van der Waals surface area contributed by atoms with E-state index in [1.54, 1.807) is 17.9 Å². The van der Waals surface area contributed by atoms with Crippen molar-refractivity contribution in [3.8, 4) is 0 Å². The van der Waals surface area contributed by atoms with Crippen LogP contribution >= 0.6 is 11.6 Å². The molecule has 0 fully saturated rings. The fourth-order valence-electron chi connectivity index (χ4n) is 0.411. The largest absolute Gasteiger partial charge is 0.383 e. The average Bonchev–Trinajstić information content (AvgIpc) is 1.98. The number of nitrogens with two attached hydrogens (primary N) is 1. The first-order valence-corrected chi connectivity index (χ1v) is 2.52. The van der Waals surface area contributed by atoms with Gasteiger partial charge < -0.3 is 10.3 Å². The third-order valence-electron chi connectivity index (χ3n) is 0.936. The fraction of sp³-hybridized carbons (Fsp3) is 0.250. The van der Waals surface area contributed by atoms with Crippen LogP contribution in [0.3, 0.4) is 0 Å². The number of halogens is 1. The van der Waals surface area contributed by atoms with E-state index in [4.69, 9.17) is 17.3 Å². The Labute approximate surface area is 52.1 Å². The number of aryl methyl sites for hydroxylation is 1. The van der Waals surface area contributed by atoms with Crippen molar-refractivity contribution in [1.82, 2.24) is 9.55 Å². The molecule has 0 atom stereocenters. The number of imidazole rings is 1. The van der Waals surface area contributed by atoms with Crippen LogP contribution < -0.4 is 5.73 Å². The van der Waals surface area contributed by atoms with E-state index in [2.05, 4.69) is 4.98 Å². The molecule has 0 bridgehead atoms. The molecule has 3 nitrogen and oxygen atoms in total. The summed E-state index contributed by atoms with van der Waals surface area (Å²) in [6, 6.07) is 0. The van der Waals surface area contributed by atoms with Crippen LogP contribution in [0.1, 0.15) is 0 Å². The highest BCUT2D eigenvalue weighted by Gasteiger charge is 1.97. The Balaban J connectivity index is 3.19. The van der Waals surface area contributed by atoms with Crippen LogP contribution in [0.2, 0.25) is 5.15 Å². The Kier molecular flexibility index (Phi) is 1.13. The maximum absolute atomic E-state index is 5.47. The van der Waals surface area contributed by atoms with Crippen LogP contribution in [0.5, 0.6) is 0 Å². The summed E-state index contributed by atoms with van der Waals surface area (Å²) in [5.74, 6) is 0.506. The lowest BCUT2D eigenvalue weighted by Gasteiger charge is -1.89. The molecule has 0 aliphatic rings. The number of rotatable bonds is 0. The molecule has 0 amide bonds. The van der Waals surface area contributed by atoms with Crippen molar-refractivity contribution >= 4 is 17.4 Å². The number of hydrogen-bond acceptors (Lipinski definition) is 2. The van der Waals surface area contributed by atoms with E-state index in [9.17, 15) is 0 Å². The van der Waals surface area contributed by atoms with E-state index in [1.165, 1.54) is 0 Å². The molecule has 4 heteroatoms. The lowest BCUT2D eigenvalue weighted by Crippen LogP contribution is -1.93. The molecule has 1 heterocycles. The summed E-state index contributed by atoms with van der Waals surface area (Å²) in [6.45, 7) is 0. The van der Waals surface area contributed by atoms with Crippen LogP contribution in [0.4, 0.5) is 5.82 Å². The van der Waals surface area contributed by atoms with E-state index in [0.29, 0.717) is 11.0 Å². The van der Waals surface area contributed by atoms with Gasteiger partial charge in [0.15, 0.2) is 5.15 Å². The molecule has 0 unspecified atom stereocenters. The highest BCUT2D eigenvalue weighted by atomic mass is 35.5. The molecule has 0 aliphatic carbocycles. The van der Waals surface area contributed by atoms with Gasteiger partial charge in [0.2, 0.25) is 0 Å². The van der Waals surface area contributed by atoms with Crippen LogP contribution in [-0.4, -0.2) is 9.55 Å². The minimum Gasteiger partial charge on any atom is -0.383 e. The summed E-state index contributed by atoms with van der Waals surface area (Å²) in [5, 5.41) is 0.368. The van der Waals surface area contributed by atoms with Gasteiger partial charge in [-0.15, -0.1) is 0 Å². The van der Waals surface area contributed by atoms with Gasteiger partial charge in [0, 0.05) is 7.05 Å². The predicted molar refractivity (Wildman–Crippen MR) is 32.6 cm³/mol. The van der Waals surface area contributed by atoms with Gasteiger partial charge in [-0.05, 0) is 0 Å². The van der Waals surface area contributed by atoms with Crippen molar-refractivity contribution in [3.63, 3.8) is 0 Å². The molecule has 2 N–H and O–H groups in total. The van der Waals surface area contributed by atoms with Gasteiger partial charge in [0.1, 0.15) is 5.82 Å². The van der Waals surface area contributed by atoms with E-state index in [-0.39, 0.29) is 0 Å². The van der Waals surface area contributed by atoms with Crippen molar-refractivity contribution in [3.05, 3.63) is 11.5 Å². The van der Waals surface area contributed by atoms with Crippen LogP contribution in [0.15, 0.2) is 6.33 Å². The zero-order chi connectivity index (χ0) is 6.15. The first kappa shape index (κ1) is 5.44. The highest BCUT2D eigenvalue weighted by molar-refractivity contribution is 6.31. The van der Waals surface area contributed by atoms with Crippen molar-refractivity contribution in [2.45, 2.75) is 0 Å². The van der Waals surface area contributed by atoms with Gasteiger partial charge in [-0.25, -0.2) is 4.98 Å². The molecule has 0 saturated heterocycles. The summed E-state index contributed by atoms with van der Waals surface area (Å²) in [6.07, 6.45) is 1.57. The molecule has 44 valence electrons. The van der Waals surface area contributed by atoms with Gasteiger partial charge in [0.25, 0.3) is 0 Å². The monoisotopic (exact) mass is 131 g/mol. The number of anilines is 1. The molecule has 1 aromatic heterocycles. The smallest absolute Gasteiger partial charge is 0.170 e. The molecule has 0 aliphatic heterocycles. The first-order chi connectivity index (χ1) is 3.72. The second-order valence-corrected chi connectivity index (χ2v) is 1.89. The molecular formula is C4H6ClN3. The van der Waals surface area contributed by atoms with E-state index in [1.807, 2.05) is 0 Å². The van der Waals surface area contributed by atoms with Crippen molar-refractivity contribution < 1.29 is 0 Å². The second kappa shape index (κ2) is 1.67. The maximum Gasteiger partial charge on any atom is 0.170 e. The lowest BCUT2D eigenvalue weighted by molar-refractivity contribution is 0.925. The standard InChI is InChI=1S/C4H6ClN3/c1-8-2-7-3(5)4(8)6/h2H,6H2,1H3. The lowest BCUT2D eigenvalue weighted by atomic mass is 10.8. The summed E-state index contributed by atoms with van der Waals surface area (Å²) in [5.41, 5.74) is 5.37. The zero-order valence-electron chi connectivity index (χ0n) is 4.43. The Morgan fingerprint density at radius 3 is 2.62 bits per heavy atom. The Bertz CT molecular complexity index is 174. The van der Waals surface area contributed by atoms with E-state index in [0.717, 1.165) is 0 Å². The van der Waals surface area contributed by atoms with Crippen molar-refractivity contribution in [2.75, 3.05) is 5.73 Å². The number of hydrogen-bond donors (Lipinski definition) is 1. The molecule has 8 heavy (non-hydrogen) atoms. The minimum absolute atomic E-state index is 0.368. The summed E-state index contributed by atoms with van der Waals surface area (Å²) in [4.78, 5) is 3.72. The Hall–Kier alpha value is -0.700. The highest BCUT2D eigenvalue weighted by Crippen LogP contribution is 2.12. The third-order valence-corrected chi connectivity index (χ3v) is 1.23. The normalized spacial score (nSPS) is 9.75. The molecule has 1 rings (SSSR count). The van der Waals surface area contributed by atoms with Gasteiger partial charge in [-0.3, -0.25) is 0 Å². The Morgan fingerprint density at radius 1 is 1.88 bits per heavy atom. The van der Waals surface area contributed by atoms with Crippen molar-refractivity contribution in [2.24, 2.45) is 7.05 Å². The molecular weight excluding hydrogens is 126 g/mol. The number of aromatic nitrogens is 2. The third kappa shape index (κ3) is 0.648. The number of nitrogen functional groups attached to an aromatic ring is 1. The maximum atomic E-state index is 5.47. The van der Waals surface area contributed by atoms with E-state index >= 15 is 0 Å². The van der Waals surface area contributed by atoms with Gasteiger partial charge in [0.05, 0.1) is 6.33 Å². The predicted octanol–water partition coefficient (Wildman–Crippen LogP) is 0.656. The number of nitrogens with zero attached hydrogens (tertiary/aromatic N) is 2. The average molecular weight is 132 g/mol. The van der Waals surface area contributed by atoms with Crippen molar-refractivity contribution in [1.29, 1.82) is 0 Å². The minimum atomic E-state index is 0.368. The molecule has 0 spiro atoms. The second-order valence-electron chi connectivity index (χ2n) is 1.53.